The van der Waals surface area contributed by atoms with Crippen molar-refractivity contribution in [1.82, 2.24) is 20.3 Å². The van der Waals surface area contributed by atoms with Crippen LogP contribution in [0.1, 0.15) is 19.5 Å². The summed E-state index contributed by atoms with van der Waals surface area (Å²) in [6.45, 7) is 5.94. The monoisotopic (exact) mass is 184 g/mol. The van der Waals surface area contributed by atoms with Crippen LogP contribution < -0.4 is 0 Å². The number of hydrogen-bond donors (Lipinski definition) is 1. The van der Waals surface area contributed by atoms with Gasteiger partial charge in [0.05, 0.1) is 6.20 Å². The molecular weight excluding hydrogens is 172 g/mol. The topological polar surface area (TPSA) is 44.8 Å². The lowest BCUT2D eigenvalue weighted by Gasteiger charge is -2.19. The Labute approximate surface area is 77.0 Å². The zero-order valence-electron chi connectivity index (χ0n) is 7.24. The molecule has 0 aliphatic heterocycles. The maximum Gasteiger partial charge on any atom is 0.140 e. The maximum absolute atomic E-state index is 5.20. The summed E-state index contributed by atoms with van der Waals surface area (Å²) in [5, 5.41) is 10.2. The Morgan fingerprint density at radius 3 is 2.67 bits per heavy atom. The van der Waals surface area contributed by atoms with Gasteiger partial charge in [0.1, 0.15) is 10.7 Å². The average Bonchev–Trinajstić information content (AvgIpc) is 2.58. The minimum Gasteiger partial charge on any atom is -0.361 e. The molecule has 1 heterocycles. The van der Waals surface area contributed by atoms with Gasteiger partial charge in [-0.15, -0.1) is 0 Å². The van der Waals surface area contributed by atoms with Gasteiger partial charge in [-0.25, -0.2) is 0 Å². The Bertz CT molecular complexity index is 240. The summed E-state index contributed by atoms with van der Waals surface area (Å²) in [5.74, 6) is 0. The number of thiocarbonyl (C=S) groups is 1. The van der Waals surface area contributed by atoms with Crippen LogP contribution in [0.3, 0.4) is 0 Å². The Morgan fingerprint density at radius 1 is 1.58 bits per heavy atom. The molecule has 4 nitrogen and oxygen atoms in total. The van der Waals surface area contributed by atoms with Gasteiger partial charge in [0.25, 0.3) is 0 Å². The number of rotatable bonds is 3. The van der Waals surface area contributed by atoms with E-state index >= 15 is 0 Å². The van der Waals surface area contributed by atoms with E-state index in [4.69, 9.17) is 12.2 Å². The van der Waals surface area contributed by atoms with Crippen molar-refractivity contribution in [3.63, 3.8) is 0 Å². The lowest BCUT2D eigenvalue weighted by atomic mass is 10.4. The highest BCUT2D eigenvalue weighted by atomic mass is 32.1. The normalized spacial score (nSPS) is 9.83. The SMILES string of the molecule is CCN(CC)C(=S)c1cn[nH]n1. The first-order chi connectivity index (χ1) is 5.79. The smallest absolute Gasteiger partial charge is 0.140 e. The second kappa shape index (κ2) is 4.15. The van der Waals surface area contributed by atoms with Crippen molar-refractivity contribution in [2.75, 3.05) is 13.1 Å². The van der Waals surface area contributed by atoms with Crippen molar-refractivity contribution in [1.29, 1.82) is 0 Å². The average molecular weight is 184 g/mol. The molecule has 1 aromatic heterocycles. The van der Waals surface area contributed by atoms with Crippen LogP contribution in [0.25, 0.3) is 0 Å². The van der Waals surface area contributed by atoms with Crippen LogP contribution >= 0.6 is 12.2 Å². The number of aromatic nitrogens is 3. The van der Waals surface area contributed by atoms with Gasteiger partial charge >= 0.3 is 0 Å². The number of nitrogens with zero attached hydrogens (tertiary/aromatic N) is 3. The zero-order chi connectivity index (χ0) is 8.97. The number of H-pyrrole nitrogens is 1. The highest BCUT2D eigenvalue weighted by molar-refractivity contribution is 7.80. The van der Waals surface area contributed by atoms with Gasteiger partial charge in [-0.2, -0.15) is 15.4 Å². The van der Waals surface area contributed by atoms with Crippen molar-refractivity contribution in [2.24, 2.45) is 0 Å². The van der Waals surface area contributed by atoms with E-state index in [0.717, 1.165) is 23.8 Å². The third-order valence-corrected chi connectivity index (χ3v) is 2.15. The van der Waals surface area contributed by atoms with E-state index in [0.29, 0.717) is 0 Å². The first-order valence-electron chi connectivity index (χ1n) is 3.94. The molecule has 0 unspecified atom stereocenters. The molecular formula is C7H12N4S. The number of aromatic amines is 1. The zero-order valence-corrected chi connectivity index (χ0v) is 8.06. The molecule has 0 amide bonds. The Hall–Kier alpha value is -0.970. The summed E-state index contributed by atoms with van der Waals surface area (Å²) in [6, 6.07) is 0. The lowest BCUT2D eigenvalue weighted by Crippen LogP contribution is -2.29. The predicted octanol–water partition coefficient (Wildman–Crippen LogP) is 0.822. The fourth-order valence-electron chi connectivity index (χ4n) is 0.977. The third kappa shape index (κ3) is 1.79. The summed E-state index contributed by atoms with van der Waals surface area (Å²) in [5.41, 5.74) is 0.744. The van der Waals surface area contributed by atoms with Crippen LogP contribution in [0.15, 0.2) is 6.20 Å². The molecule has 0 saturated carbocycles. The molecule has 0 radical (unpaired) electrons. The maximum atomic E-state index is 5.20. The van der Waals surface area contributed by atoms with Gasteiger partial charge in [-0.05, 0) is 13.8 Å². The van der Waals surface area contributed by atoms with E-state index in [1.807, 2.05) is 0 Å². The van der Waals surface area contributed by atoms with Crippen LogP contribution in [0.5, 0.6) is 0 Å². The van der Waals surface area contributed by atoms with Gasteiger partial charge < -0.3 is 4.90 Å². The third-order valence-electron chi connectivity index (χ3n) is 1.68. The second-order valence-electron chi connectivity index (χ2n) is 2.33. The summed E-state index contributed by atoms with van der Waals surface area (Å²) >= 11 is 5.20. The molecule has 0 atom stereocenters. The molecule has 1 aromatic rings. The molecule has 0 aromatic carbocycles. The van der Waals surface area contributed by atoms with Crippen LogP contribution in [0.4, 0.5) is 0 Å². The van der Waals surface area contributed by atoms with Gasteiger partial charge in [0.15, 0.2) is 0 Å². The van der Waals surface area contributed by atoms with Crippen molar-refractivity contribution in [2.45, 2.75) is 13.8 Å². The summed E-state index contributed by atoms with van der Waals surface area (Å²) in [7, 11) is 0. The summed E-state index contributed by atoms with van der Waals surface area (Å²) in [4.78, 5) is 2.82. The molecule has 0 saturated heterocycles. The van der Waals surface area contributed by atoms with Crippen molar-refractivity contribution in [3.05, 3.63) is 11.9 Å². The molecule has 0 bridgehead atoms. The minimum absolute atomic E-state index is 0.744. The highest BCUT2D eigenvalue weighted by Gasteiger charge is 2.09. The first-order valence-corrected chi connectivity index (χ1v) is 4.35. The number of nitrogens with one attached hydrogen (secondary N) is 1. The molecule has 12 heavy (non-hydrogen) atoms. The van der Waals surface area contributed by atoms with Crippen molar-refractivity contribution >= 4 is 17.2 Å². The largest absolute Gasteiger partial charge is 0.361 e. The Balaban J connectivity index is 2.70. The van der Waals surface area contributed by atoms with Crippen LogP contribution in [0, 0.1) is 0 Å². The van der Waals surface area contributed by atoms with E-state index in [1.54, 1.807) is 6.20 Å². The van der Waals surface area contributed by atoms with E-state index in [2.05, 4.69) is 34.2 Å². The van der Waals surface area contributed by atoms with Crippen LogP contribution in [-0.2, 0) is 0 Å². The Kier molecular flexibility index (Phi) is 3.16. The van der Waals surface area contributed by atoms with E-state index < -0.39 is 0 Å². The lowest BCUT2D eigenvalue weighted by molar-refractivity contribution is 0.473. The van der Waals surface area contributed by atoms with E-state index in [1.165, 1.54) is 0 Å². The molecule has 0 aliphatic carbocycles. The number of hydrogen-bond acceptors (Lipinski definition) is 3. The van der Waals surface area contributed by atoms with Crippen molar-refractivity contribution in [3.8, 4) is 0 Å². The quantitative estimate of drug-likeness (QED) is 0.706. The minimum atomic E-state index is 0.744. The molecule has 1 N–H and O–H groups in total. The molecule has 0 fully saturated rings. The predicted molar refractivity (Wildman–Crippen MR) is 51.0 cm³/mol. The molecule has 0 aliphatic rings. The van der Waals surface area contributed by atoms with Crippen LogP contribution in [-0.4, -0.2) is 38.4 Å². The van der Waals surface area contributed by atoms with Crippen LogP contribution in [0.2, 0.25) is 0 Å². The standard InChI is InChI=1S/C7H12N4S/c1-3-11(4-2)7(12)6-5-8-10-9-6/h5H,3-4H2,1-2H3,(H,8,9,10). The molecule has 66 valence electrons. The highest BCUT2D eigenvalue weighted by Crippen LogP contribution is 2.00. The fraction of sp³-hybridized carbons (Fsp3) is 0.571. The summed E-state index contributed by atoms with van der Waals surface area (Å²) in [6.07, 6.45) is 1.64. The Morgan fingerprint density at radius 2 is 2.25 bits per heavy atom. The molecule has 0 spiro atoms. The van der Waals surface area contributed by atoms with E-state index in [-0.39, 0.29) is 0 Å². The van der Waals surface area contributed by atoms with Crippen molar-refractivity contribution < 1.29 is 0 Å². The molecule has 1 rings (SSSR count). The molecule has 5 heteroatoms. The first kappa shape index (κ1) is 9.12. The fourth-order valence-corrected chi connectivity index (χ4v) is 1.33. The van der Waals surface area contributed by atoms with Gasteiger partial charge in [0.2, 0.25) is 0 Å². The second-order valence-corrected chi connectivity index (χ2v) is 2.72. The summed E-state index contributed by atoms with van der Waals surface area (Å²) < 4.78 is 0. The van der Waals surface area contributed by atoms with Gasteiger partial charge in [0, 0.05) is 13.1 Å². The van der Waals surface area contributed by atoms with Gasteiger partial charge in [-0.1, -0.05) is 12.2 Å². The van der Waals surface area contributed by atoms with Gasteiger partial charge in [-0.3, -0.25) is 0 Å². The van der Waals surface area contributed by atoms with E-state index in [9.17, 15) is 0 Å².